The van der Waals surface area contributed by atoms with E-state index in [1.54, 1.807) is 0 Å². The van der Waals surface area contributed by atoms with Gasteiger partial charge in [0.1, 0.15) is 0 Å². The Morgan fingerprint density at radius 2 is 1.71 bits per heavy atom. The molecule has 0 aliphatic rings. The van der Waals surface area contributed by atoms with Gasteiger partial charge in [-0.25, -0.2) is 13.1 Å². The number of rotatable bonds is 7. The average molecular weight is 325 g/mol. The van der Waals surface area contributed by atoms with E-state index in [-0.39, 0.29) is 17.9 Å². The lowest BCUT2D eigenvalue weighted by molar-refractivity contribution is -0.138. The predicted octanol–water partition coefficient (Wildman–Crippen LogP) is 2.24. The maximum atomic E-state index is 12.4. The third-order valence-electron chi connectivity index (χ3n) is 2.60. The highest BCUT2D eigenvalue weighted by atomic mass is 32.2. The fourth-order valence-corrected chi connectivity index (χ4v) is 2.59. The largest absolute Gasteiger partial charge is 0.481 e. The zero-order valence-electron chi connectivity index (χ0n) is 10.9. The zero-order valence-corrected chi connectivity index (χ0v) is 11.7. The molecule has 0 saturated carbocycles. The van der Waals surface area contributed by atoms with E-state index in [9.17, 15) is 26.4 Å². The van der Waals surface area contributed by atoms with Crippen LogP contribution in [0.15, 0.2) is 29.2 Å². The first kappa shape index (κ1) is 17.4. The molecule has 2 N–H and O–H groups in total. The van der Waals surface area contributed by atoms with E-state index >= 15 is 0 Å². The molecule has 0 unspecified atom stereocenters. The van der Waals surface area contributed by atoms with Crippen molar-refractivity contribution in [2.75, 3.05) is 6.54 Å². The molecule has 0 fully saturated rings. The molecule has 1 aromatic rings. The topological polar surface area (TPSA) is 83.5 Å². The summed E-state index contributed by atoms with van der Waals surface area (Å²) in [5.41, 5.74) is -0.928. The predicted molar refractivity (Wildman–Crippen MR) is 68.1 cm³/mol. The molecule has 0 spiro atoms. The lowest BCUT2D eigenvalue weighted by Gasteiger charge is -2.09. The minimum Gasteiger partial charge on any atom is -0.481 e. The summed E-state index contributed by atoms with van der Waals surface area (Å²) in [4.78, 5) is 9.99. The molecule has 9 heteroatoms. The average Bonchev–Trinajstić information content (AvgIpc) is 2.37. The third kappa shape index (κ3) is 5.72. The fourth-order valence-electron chi connectivity index (χ4n) is 1.51. The van der Waals surface area contributed by atoms with Gasteiger partial charge in [0.15, 0.2) is 0 Å². The second kappa shape index (κ2) is 6.90. The number of carboxylic acids is 1. The molecule has 1 aromatic carbocycles. The molecule has 118 valence electrons. The smallest absolute Gasteiger partial charge is 0.416 e. The second-order valence-electron chi connectivity index (χ2n) is 4.27. The minimum atomic E-state index is -4.52. The van der Waals surface area contributed by atoms with Crippen LogP contribution >= 0.6 is 0 Å². The number of halogens is 3. The monoisotopic (exact) mass is 325 g/mol. The van der Waals surface area contributed by atoms with Crippen molar-refractivity contribution in [2.45, 2.75) is 30.3 Å². The van der Waals surface area contributed by atoms with Crippen molar-refractivity contribution in [3.8, 4) is 0 Å². The highest BCUT2D eigenvalue weighted by Crippen LogP contribution is 2.29. The van der Waals surface area contributed by atoms with Gasteiger partial charge < -0.3 is 5.11 Å². The van der Waals surface area contributed by atoms with Crippen molar-refractivity contribution in [1.29, 1.82) is 0 Å². The van der Waals surface area contributed by atoms with Crippen molar-refractivity contribution in [2.24, 2.45) is 0 Å². The standard InChI is InChI=1S/C12H14F3NO4S/c13-12(14,15)9-4-6-10(7-5-9)21(19,20)16-8-2-1-3-11(17)18/h4-7,16H,1-3,8H2,(H,17,18). The molecule has 5 nitrogen and oxygen atoms in total. The van der Waals surface area contributed by atoms with E-state index in [1.165, 1.54) is 0 Å². The third-order valence-corrected chi connectivity index (χ3v) is 4.08. The van der Waals surface area contributed by atoms with Gasteiger partial charge in [-0.05, 0) is 37.1 Å². The summed E-state index contributed by atoms with van der Waals surface area (Å²) in [6, 6.07) is 3.14. The summed E-state index contributed by atoms with van der Waals surface area (Å²) in [5, 5.41) is 8.41. The van der Waals surface area contributed by atoms with Gasteiger partial charge in [0, 0.05) is 13.0 Å². The van der Waals surface area contributed by atoms with Crippen LogP contribution in [0.3, 0.4) is 0 Å². The minimum absolute atomic E-state index is 0.0244. The Morgan fingerprint density at radius 3 is 2.19 bits per heavy atom. The Balaban J connectivity index is 2.60. The summed E-state index contributed by atoms with van der Waals surface area (Å²) in [5.74, 6) is -0.972. The molecule has 0 amide bonds. The van der Waals surface area contributed by atoms with Gasteiger partial charge in [-0.3, -0.25) is 4.79 Å². The molecule has 0 saturated heterocycles. The normalized spacial score (nSPS) is 12.3. The van der Waals surface area contributed by atoms with Gasteiger partial charge >= 0.3 is 12.1 Å². The molecular formula is C12H14F3NO4S. The number of carboxylic acid groups (broad SMARTS) is 1. The first-order valence-corrected chi connectivity index (χ1v) is 7.50. The molecule has 0 aromatic heterocycles. The van der Waals surface area contributed by atoms with Crippen LogP contribution in [-0.4, -0.2) is 26.0 Å². The first-order valence-electron chi connectivity index (χ1n) is 6.01. The van der Waals surface area contributed by atoms with Crippen LogP contribution in [0, 0.1) is 0 Å². The van der Waals surface area contributed by atoms with E-state index in [2.05, 4.69) is 4.72 Å². The number of carbonyl (C=O) groups is 1. The Morgan fingerprint density at radius 1 is 1.14 bits per heavy atom. The Kier molecular flexibility index (Phi) is 5.73. The van der Waals surface area contributed by atoms with Gasteiger partial charge in [0.25, 0.3) is 0 Å². The highest BCUT2D eigenvalue weighted by Gasteiger charge is 2.30. The Hall–Kier alpha value is -1.61. The van der Waals surface area contributed by atoms with Gasteiger partial charge in [-0.15, -0.1) is 0 Å². The molecule has 0 radical (unpaired) electrons. The van der Waals surface area contributed by atoms with Crippen LogP contribution in [0.5, 0.6) is 0 Å². The lowest BCUT2D eigenvalue weighted by Crippen LogP contribution is -2.25. The summed E-state index contributed by atoms with van der Waals surface area (Å²) in [6.07, 6.45) is -3.95. The lowest BCUT2D eigenvalue weighted by atomic mass is 10.2. The van der Waals surface area contributed by atoms with E-state index < -0.39 is 27.7 Å². The van der Waals surface area contributed by atoms with Crippen molar-refractivity contribution in [1.82, 2.24) is 4.72 Å². The number of hydrogen-bond donors (Lipinski definition) is 2. The SMILES string of the molecule is O=C(O)CCCCNS(=O)(=O)c1ccc(C(F)(F)F)cc1. The fraction of sp³-hybridized carbons (Fsp3) is 0.417. The van der Waals surface area contributed by atoms with E-state index in [1.807, 2.05) is 0 Å². The quantitative estimate of drug-likeness (QED) is 0.753. The second-order valence-corrected chi connectivity index (χ2v) is 6.04. The van der Waals surface area contributed by atoms with Crippen LogP contribution in [0.2, 0.25) is 0 Å². The maximum Gasteiger partial charge on any atom is 0.416 e. The number of hydrogen-bond acceptors (Lipinski definition) is 3. The van der Waals surface area contributed by atoms with Crippen LogP contribution in [0.4, 0.5) is 13.2 Å². The molecule has 0 bridgehead atoms. The number of nitrogens with one attached hydrogen (secondary N) is 1. The summed E-state index contributed by atoms with van der Waals surface area (Å²) < 4.78 is 62.8. The van der Waals surface area contributed by atoms with Gasteiger partial charge in [0.2, 0.25) is 10.0 Å². The molecule has 0 heterocycles. The number of alkyl halides is 3. The zero-order chi connectivity index (χ0) is 16.1. The van der Waals surface area contributed by atoms with Crippen molar-refractivity contribution >= 4 is 16.0 Å². The molecule has 0 aliphatic heterocycles. The van der Waals surface area contributed by atoms with Crippen molar-refractivity contribution in [3.63, 3.8) is 0 Å². The van der Waals surface area contributed by atoms with Gasteiger partial charge in [-0.1, -0.05) is 0 Å². The van der Waals surface area contributed by atoms with Crippen LogP contribution in [-0.2, 0) is 21.0 Å². The number of unbranched alkanes of at least 4 members (excludes halogenated alkanes) is 1. The van der Waals surface area contributed by atoms with Crippen LogP contribution < -0.4 is 4.72 Å². The highest BCUT2D eigenvalue weighted by molar-refractivity contribution is 7.89. The molecular weight excluding hydrogens is 311 g/mol. The molecule has 21 heavy (non-hydrogen) atoms. The van der Waals surface area contributed by atoms with Crippen LogP contribution in [0.1, 0.15) is 24.8 Å². The molecule has 0 aliphatic carbocycles. The van der Waals surface area contributed by atoms with E-state index in [4.69, 9.17) is 5.11 Å². The molecule has 0 atom stereocenters. The van der Waals surface area contributed by atoms with E-state index in [0.29, 0.717) is 25.0 Å². The van der Waals surface area contributed by atoms with Crippen LogP contribution in [0.25, 0.3) is 0 Å². The maximum absolute atomic E-state index is 12.4. The number of aliphatic carboxylic acids is 1. The Bertz CT molecular complexity index is 582. The van der Waals surface area contributed by atoms with Gasteiger partial charge in [-0.2, -0.15) is 13.2 Å². The summed E-state index contributed by atoms with van der Waals surface area (Å²) in [6.45, 7) is 0.0244. The Labute approximate surface area is 119 Å². The summed E-state index contributed by atoms with van der Waals surface area (Å²) in [7, 11) is -3.89. The first-order chi connectivity index (χ1) is 9.63. The van der Waals surface area contributed by atoms with Gasteiger partial charge in [0.05, 0.1) is 10.5 Å². The number of sulfonamides is 1. The van der Waals surface area contributed by atoms with Crippen molar-refractivity contribution < 1.29 is 31.5 Å². The number of benzene rings is 1. The summed E-state index contributed by atoms with van der Waals surface area (Å²) >= 11 is 0. The van der Waals surface area contributed by atoms with E-state index in [0.717, 1.165) is 12.1 Å². The van der Waals surface area contributed by atoms with Crippen molar-refractivity contribution in [3.05, 3.63) is 29.8 Å². The molecule has 1 rings (SSSR count).